The summed E-state index contributed by atoms with van der Waals surface area (Å²) in [6.07, 6.45) is 0. The molecule has 0 fully saturated rings. The van der Waals surface area contributed by atoms with Crippen molar-refractivity contribution in [1.82, 2.24) is 0 Å². The van der Waals surface area contributed by atoms with Crippen LogP contribution in [0.4, 0.5) is 0 Å². The fraction of sp³-hybridized carbons (Fsp3) is 0.250. The Balaban J connectivity index is 3.02. The number of methoxy groups -OCH3 is 1. The van der Waals surface area contributed by atoms with Gasteiger partial charge in [-0.3, -0.25) is 0 Å². The van der Waals surface area contributed by atoms with Crippen molar-refractivity contribution in [2.24, 2.45) is 0 Å². The molecule has 0 heterocycles. The molecule has 59 valence electrons. The molecule has 2 nitrogen and oxygen atoms in total. The molecule has 0 atom stereocenters. The molecule has 1 rings (SSSR count). The Hall–Kier alpha value is -0.540. The number of benzene rings is 1. The van der Waals surface area contributed by atoms with E-state index in [9.17, 15) is 5.11 Å². The first-order chi connectivity index (χ1) is 5.27. The second kappa shape index (κ2) is 3.74. The highest BCUT2D eigenvalue weighted by molar-refractivity contribution is 9.10. The lowest BCUT2D eigenvalue weighted by atomic mass is 10.2. The summed E-state index contributed by atoms with van der Waals surface area (Å²) < 4.78 is 5.79. The average molecular weight is 216 g/mol. The van der Waals surface area contributed by atoms with Gasteiger partial charge in [-0.05, 0) is 23.8 Å². The molecule has 0 bridgehead atoms. The van der Waals surface area contributed by atoms with Crippen molar-refractivity contribution < 1.29 is 9.84 Å². The van der Waals surface area contributed by atoms with E-state index >= 15 is 0 Å². The van der Waals surface area contributed by atoms with Crippen LogP contribution >= 0.6 is 15.9 Å². The number of halogens is 1. The number of ether oxygens (including phenoxy) is 1. The quantitative estimate of drug-likeness (QED) is 0.746. The van der Waals surface area contributed by atoms with Gasteiger partial charge in [-0.15, -0.1) is 0 Å². The molecule has 0 aliphatic heterocycles. The summed E-state index contributed by atoms with van der Waals surface area (Å²) in [6.45, 7) is -0.224. The van der Waals surface area contributed by atoms with Gasteiger partial charge >= 0.3 is 0 Å². The minimum Gasteiger partial charge on any atom is -0.497 e. The highest BCUT2D eigenvalue weighted by Crippen LogP contribution is 2.22. The largest absolute Gasteiger partial charge is 0.497 e. The Kier molecular flexibility index (Phi) is 2.91. The smallest absolute Gasteiger partial charge is 0.119 e. The third kappa shape index (κ3) is 1.94. The zero-order valence-electron chi connectivity index (χ0n) is 6.13. The lowest BCUT2D eigenvalue weighted by Crippen LogP contribution is -1.87. The maximum Gasteiger partial charge on any atom is 0.119 e. The van der Waals surface area contributed by atoms with Crippen molar-refractivity contribution >= 4 is 15.9 Å². The molecule has 0 unspecified atom stereocenters. The molecule has 0 aliphatic carbocycles. The van der Waals surface area contributed by atoms with Crippen LogP contribution in [0.5, 0.6) is 5.75 Å². The van der Waals surface area contributed by atoms with E-state index in [0.29, 0.717) is 0 Å². The van der Waals surface area contributed by atoms with Crippen molar-refractivity contribution in [3.8, 4) is 5.75 Å². The molecular weight excluding hydrogens is 208 g/mol. The second-order valence-electron chi connectivity index (χ2n) is 2.10. The Labute approximate surface area is 73.9 Å². The molecule has 0 spiro atoms. The number of rotatable bonds is 2. The summed E-state index contributed by atoms with van der Waals surface area (Å²) in [5, 5.41) is 10.5. The third-order valence-electron chi connectivity index (χ3n) is 1.41. The first-order valence-electron chi connectivity index (χ1n) is 3.18. The minimum atomic E-state index is -0.224. The van der Waals surface area contributed by atoms with Gasteiger partial charge in [-0.1, -0.05) is 15.9 Å². The van der Waals surface area contributed by atoms with Crippen LogP contribution < -0.4 is 4.74 Å². The Morgan fingerprint density at radius 3 is 2.82 bits per heavy atom. The zero-order valence-corrected chi connectivity index (χ0v) is 7.72. The van der Waals surface area contributed by atoms with Crippen molar-refractivity contribution in [3.05, 3.63) is 28.2 Å². The topological polar surface area (TPSA) is 29.1 Å². The van der Waals surface area contributed by atoms with E-state index in [1.807, 2.05) is 12.1 Å². The maximum absolute atomic E-state index is 10.5. The van der Waals surface area contributed by atoms with Crippen molar-refractivity contribution in [2.75, 3.05) is 7.11 Å². The first-order valence-corrected chi connectivity index (χ1v) is 3.97. The summed E-state index contributed by atoms with van der Waals surface area (Å²) in [6, 6.07) is 5.35. The number of hydrogen-bond acceptors (Lipinski definition) is 1. The lowest BCUT2D eigenvalue weighted by molar-refractivity contribution is 0.176. The van der Waals surface area contributed by atoms with E-state index in [0.717, 1.165) is 15.8 Å². The van der Waals surface area contributed by atoms with E-state index in [2.05, 4.69) is 15.9 Å². The second-order valence-corrected chi connectivity index (χ2v) is 2.96. The van der Waals surface area contributed by atoms with Crippen LogP contribution in [0.3, 0.4) is 0 Å². The molecular formula is C8H8BrO2. The van der Waals surface area contributed by atoms with Gasteiger partial charge in [-0.25, -0.2) is 5.11 Å². The molecule has 0 aromatic heterocycles. The molecule has 0 saturated carbocycles. The number of hydrogen-bond donors (Lipinski definition) is 0. The van der Waals surface area contributed by atoms with Crippen molar-refractivity contribution in [2.45, 2.75) is 6.61 Å². The van der Waals surface area contributed by atoms with Crippen LogP contribution in [0, 0.1) is 0 Å². The van der Waals surface area contributed by atoms with Gasteiger partial charge < -0.3 is 4.74 Å². The van der Waals surface area contributed by atoms with Crippen LogP contribution in [0.2, 0.25) is 0 Å². The summed E-state index contributed by atoms with van der Waals surface area (Å²) >= 11 is 3.26. The van der Waals surface area contributed by atoms with Crippen LogP contribution in [0.1, 0.15) is 5.56 Å². The van der Waals surface area contributed by atoms with Gasteiger partial charge in [0.25, 0.3) is 0 Å². The van der Waals surface area contributed by atoms with Crippen LogP contribution in [-0.2, 0) is 11.7 Å². The fourth-order valence-electron chi connectivity index (χ4n) is 0.789. The monoisotopic (exact) mass is 215 g/mol. The minimum absolute atomic E-state index is 0.224. The Bertz CT molecular complexity index is 248. The molecule has 0 amide bonds. The normalized spacial score (nSPS) is 9.73. The van der Waals surface area contributed by atoms with Gasteiger partial charge in [0.15, 0.2) is 0 Å². The van der Waals surface area contributed by atoms with Crippen LogP contribution in [-0.4, -0.2) is 7.11 Å². The van der Waals surface area contributed by atoms with E-state index in [4.69, 9.17) is 4.74 Å². The van der Waals surface area contributed by atoms with Crippen molar-refractivity contribution in [1.29, 1.82) is 0 Å². The van der Waals surface area contributed by atoms with E-state index in [-0.39, 0.29) is 6.61 Å². The predicted molar refractivity (Wildman–Crippen MR) is 45.1 cm³/mol. The standard InChI is InChI=1S/C8H8BrO2/c1-11-7-2-3-8(9)6(4-7)5-10/h2-4H,5H2,1H3. The molecule has 0 aliphatic rings. The zero-order chi connectivity index (χ0) is 8.27. The van der Waals surface area contributed by atoms with Crippen LogP contribution in [0.25, 0.3) is 0 Å². The van der Waals surface area contributed by atoms with Gasteiger partial charge in [0, 0.05) is 4.47 Å². The lowest BCUT2D eigenvalue weighted by Gasteiger charge is -2.02. The van der Waals surface area contributed by atoms with E-state index < -0.39 is 0 Å². The Morgan fingerprint density at radius 2 is 2.27 bits per heavy atom. The van der Waals surface area contributed by atoms with Gasteiger partial charge in [-0.2, -0.15) is 0 Å². The van der Waals surface area contributed by atoms with E-state index in [1.54, 1.807) is 13.2 Å². The highest BCUT2D eigenvalue weighted by atomic mass is 79.9. The van der Waals surface area contributed by atoms with E-state index in [1.165, 1.54) is 0 Å². The average Bonchev–Trinajstić information content (AvgIpc) is 2.05. The third-order valence-corrected chi connectivity index (χ3v) is 2.18. The first kappa shape index (κ1) is 8.56. The van der Waals surface area contributed by atoms with Gasteiger partial charge in [0.1, 0.15) is 12.4 Å². The molecule has 11 heavy (non-hydrogen) atoms. The molecule has 1 aromatic rings. The summed E-state index contributed by atoms with van der Waals surface area (Å²) in [7, 11) is 1.58. The fourth-order valence-corrected chi connectivity index (χ4v) is 1.15. The molecule has 1 aromatic carbocycles. The van der Waals surface area contributed by atoms with Crippen LogP contribution in [0.15, 0.2) is 22.7 Å². The molecule has 3 heteroatoms. The molecule has 0 N–H and O–H groups in total. The summed E-state index contributed by atoms with van der Waals surface area (Å²) in [5.41, 5.74) is 0.726. The Morgan fingerprint density at radius 1 is 1.55 bits per heavy atom. The molecule has 0 saturated heterocycles. The highest BCUT2D eigenvalue weighted by Gasteiger charge is 1.99. The van der Waals surface area contributed by atoms with Gasteiger partial charge in [0.2, 0.25) is 0 Å². The van der Waals surface area contributed by atoms with Gasteiger partial charge in [0.05, 0.1) is 7.11 Å². The maximum atomic E-state index is 10.5. The SMILES string of the molecule is COc1ccc(Br)c(C[O])c1. The summed E-state index contributed by atoms with van der Waals surface area (Å²) in [4.78, 5) is 0. The molecule has 1 radical (unpaired) electrons. The summed E-state index contributed by atoms with van der Waals surface area (Å²) in [5.74, 6) is 0.721. The van der Waals surface area contributed by atoms with Crippen molar-refractivity contribution in [3.63, 3.8) is 0 Å². The predicted octanol–water partition coefficient (Wildman–Crippen LogP) is 2.39.